The minimum Gasteiger partial charge on any atom is -0.382 e. The molecule has 0 aliphatic heterocycles. The van der Waals surface area contributed by atoms with E-state index in [9.17, 15) is 4.39 Å². The van der Waals surface area contributed by atoms with Crippen LogP contribution >= 0.6 is 0 Å². The standard InChI is InChI=1S/C11H11FN2/c1-7-10(12)4-8(6-13)5-11(7)14-9-2-3-9/h4-5,9,14H,2-3H2,1H3. The molecule has 1 aromatic carbocycles. The summed E-state index contributed by atoms with van der Waals surface area (Å²) in [5.74, 6) is -0.313. The van der Waals surface area contributed by atoms with Gasteiger partial charge in [0.1, 0.15) is 5.82 Å². The Morgan fingerprint density at radius 2 is 2.21 bits per heavy atom. The second-order valence-electron chi connectivity index (χ2n) is 3.66. The van der Waals surface area contributed by atoms with Gasteiger partial charge < -0.3 is 5.32 Å². The molecule has 0 saturated heterocycles. The number of rotatable bonds is 2. The van der Waals surface area contributed by atoms with Gasteiger partial charge >= 0.3 is 0 Å². The molecule has 1 aromatic rings. The number of nitriles is 1. The van der Waals surface area contributed by atoms with Crippen molar-refractivity contribution in [1.82, 2.24) is 0 Å². The average molecular weight is 190 g/mol. The van der Waals surface area contributed by atoms with Gasteiger partial charge in [-0.3, -0.25) is 0 Å². The Morgan fingerprint density at radius 3 is 2.79 bits per heavy atom. The quantitative estimate of drug-likeness (QED) is 0.778. The lowest BCUT2D eigenvalue weighted by Gasteiger charge is -2.09. The Kier molecular flexibility index (Phi) is 2.12. The SMILES string of the molecule is Cc1c(F)cc(C#N)cc1NC1CC1. The molecule has 0 spiro atoms. The summed E-state index contributed by atoms with van der Waals surface area (Å²) in [4.78, 5) is 0. The van der Waals surface area contributed by atoms with Gasteiger partial charge in [0.15, 0.2) is 0 Å². The maximum atomic E-state index is 13.3. The highest BCUT2D eigenvalue weighted by molar-refractivity contribution is 5.56. The van der Waals surface area contributed by atoms with E-state index >= 15 is 0 Å². The molecule has 1 aliphatic carbocycles. The van der Waals surface area contributed by atoms with Crippen molar-refractivity contribution in [2.75, 3.05) is 5.32 Å². The van der Waals surface area contributed by atoms with Gasteiger partial charge in [-0.1, -0.05) is 0 Å². The molecule has 0 atom stereocenters. The Balaban J connectivity index is 2.35. The van der Waals surface area contributed by atoms with Crippen molar-refractivity contribution < 1.29 is 4.39 Å². The number of nitrogens with zero attached hydrogens (tertiary/aromatic N) is 1. The molecule has 0 radical (unpaired) electrons. The first-order valence-corrected chi connectivity index (χ1v) is 4.67. The molecular weight excluding hydrogens is 179 g/mol. The molecular formula is C11H11FN2. The van der Waals surface area contributed by atoms with E-state index in [1.54, 1.807) is 13.0 Å². The number of nitrogens with one attached hydrogen (secondary N) is 1. The highest BCUT2D eigenvalue weighted by atomic mass is 19.1. The second-order valence-corrected chi connectivity index (χ2v) is 3.66. The molecule has 1 fully saturated rings. The first-order chi connectivity index (χ1) is 6.70. The lowest BCUT2D eigenvalue weighted by atomic mass is 10.1. The highest BCUT2D eigenvalue weighted by Gasteiger charge is 2.22. The third-order valence-electron chi connectivity index (χ3n) is 2.41. The molecule has 1 N–H and O–H groups in total. The highest BCUT2D eigenvalue weighted by Crippen LogP contribution is 2.28. The summed E-state index contributed by atoms with van der Waals surface area (Å²) < 4.78 is 13.3. The van der Waals surface area contributed by atoms with Crippen molar-refractivity contribution in [2.24, 2.45) is 0 Å². The fourth-order valence-corrected chi connectivity index (χ4v) is 1.34. The van der Waals surface area contributed by atoms with Crippen LogP contribution in [0.5, 0.6) is 0 Å². The molecule has 72 valence electrons. The van der Waals surface area contributed by atoms with Crippen LogP contribution < -0.4 is 5.32 Å². The molecule has 0 bridgehead atoms. The molecule has 1 saturated carbocycles. The largest absolute Gasteiger partial charge is 0.382 e. The topological polar surface area (TPSA) is 35.8 Å². The van der Waals surface area contributed by atoms with Crippen molar-refractivity contribution in [3.05, 3.63) is 29.1 Å². The van der Waals surface area contributed by atoms with Crippen molar-refractivity contribution in [3.63, 3.8) is 0 Å². The van der Waals surface area contributed by atoms with Crippen LogP contribution in [0.1, 0.15) is 24.0 Å². The first kappa shape index (κ1) is 9.01. The first-order valence-electron chi connectivity index (χ1n) is 4.67. The zero-order valence-electron chi connectivity index (χ0n) is 7.97. The van der Waals surface area contributed by atoms with Crippen molar-refractivity contribution in [2.45, 2.75) is 25.8 Å². The van der Waals surface area contributed by atoms with E-state index in [-0.39, 0.29) is 5.82 Å². The number of halogens is 1. The molecule has 0 aromatic heterocycles. The van der Waals surface area contributed by atoms with Crippen molar-refractivity contribution in [3.8, 4) is 6.07 Å². The molecule has 0 heterocycles. The number of benzene rings is 1. The summed E-state index contributed by atoms with van der Waals surface area (Å²) in [7, 11) is 0. The van der Waals surface area contributed by atoms with Crippen LogP contribution in [0.4, 0.5) is 10.1 Å². The smallest absolute Gasteiger partial charge is 0.129 e. The van der Waals surface area contributed by atoms with Crippen LogP contribution in [0.3, 0.4) is 0 Å². The maximum Gasteiger partial charge on any atom is 0.129 e. The zero-order chi connectivity index (χ0) is 10.1. The summed E-state index contributed by atoms with van der Waals surface area (Å²) >= 11 is 0. The van der Waals surface area contributed by atoms with Gasteiger partial charge in [0.05, 0.1) is 11.6 Å². The van der Waals surface area contributed by atoms with E-state index in [1.807, 2.05) is 6.07 Å². The van der Waals surface area contributed by atoms with E-state index in [4.69, 9.17) is 5.26 Å². The minimum absolute atomic E-state index is 0.313. The predicted molar refractivity (Wildman–Crippen MR) is 52.5 cm³/mol. The fraction of sp³-hybridized carbons (Fsp3) is 0.364. The zero-order valence-corrected chi connectivity index (χ0v) is 7.97. The maximum absolute atomic E-state index is 13.3. The van der Waals surface area contributed by atoms with E-state index < -0.39 is 0 Å². The molecule has 2 rings (SSSR count). The average Bonchev–Trinajstić information content (AvgIpc) is 2.96. The van der Waals surface area contributed by atoms with Gasteiger partial charge in [-0.25, -0.2) is 4.39 Å². The summed E-state index contributed by atoms with van der Waals surface area (Å²) in [6.45, 7) is 1.72. The van der Waals surface area contributed by atoms with Crippen LogP contribution in [0, 0.1) is 24.1 Å². The van der Waals surface area contributed by atoms with E-state index in [2.05, 4.69) is 5.32 Å². The van der Waals surface area contributed by atoms with Crippen LogP contribution in [-0.4, -0.2) is 6.04 Å². The van der Waals surface area contributed by atoms with E-state index in [1.165, 1.54) is 6.07 Å². The molecule has 2 nitrogen and oxygen atoms in total. The Hall–Kier alpha value is -1.56. The third-order valence-corrected chi connectivity index (χ3v) is 2.41. The lowest BCUT2D eigenvalue weighted by Crippen LogP contribution is -2.04. The predicted octanol–water partition coefficient (Wildman–Crippen LogP) is 2.58. The number of hydrogen-bond donors (Lipinski definition) is 1. The Morgan fingerprint density at radius 1 is 1.50 bits per heavy atom. The molecule has 1 aliphatic rings. The monoisotopic (exact) mass is 190 g/mol. The molecule has 3 heteroatoms. The summed E-state index contributed by atoms with van der Waals surface area (Å²) in [6.07, 6.45) is 2.27. The summed E-state index contributed by atoms with van der Waals surface area (Å²) in [5.41, 5.74) is 1.72. The Bertz CT molecular complexity index is 402. The normalized spacial score (nSPS) is 14.9. The number of anilines is 1. The fourth-order valence-electron chi connectivity index (χ4n) is 1.34. The van der Waals surface area contributed by atoms with Gasteiger partial charge in [0.2, 0.25) is 0 Å². The van der Waals surface area contributed by atoms with Gasteiger partial charge in [-0.2, -0.15) is 5.26 Å². The Labute approximate surface area is 82.4 Å². The third kappa shape index (κ3) is 1.69. The van der Waals surface area contributed by atoms with Crippen LogP contribution in [-0.2, 0) is 0 Å². The molecule has 14 heavy (non-hydrogen) atoms. The number of hydrogen-bond acceptors (Lipinski definition) is 2. The summed E-state index contributed by atoms with van der Waals surface area (Å²) in [6, 6.07) is 5.40. The van der Waals surface area contributed by atoms with Crippen LogP contribution in [0.2, 0.25) is 0 Å². The van der Waals surface area contributed by atoms with Crippen molar-refractivity contribution in [1.29, 1.82) is 5.26 Å². The van der Waals surface area contributed by atoms with Gasteiger partial charge in [0, 0.05) is 17.3 Å². The van der Waals surface area contributed by atoms with Crippen LogP contribution in [0.25, 0.3) is 0 Å². The van der Waals surface area contributed by atoms with Crippen molar-refractivity contribution >= 4 is 5.69 Å². The summed E-state index contributed by atoms with van der Waals surface area (Å²) in [5, 5.41) is 11.9. The lowest BCUT2D eigenvalue weighted by molar-refractivity contribution is 0.618. The molecule has 0 unspecified atom stereocenters. The van der Waals surface area contributed by atoms with E-state index in [0.717, 1.165) is 18.5 Å². The second kappa shape index (κ2) is 3.30. The molecule has 0 amide bonds. The van der Waals surface area contributed by atoms with Gasteiger partial charge in [0.25, 0.3) is 0 Å². The van der Waals surface area contributed by atoms with Gasteiger partial charge in [-0.15, -0.1) is 0 Å². The van der Waals surface area contributed by atoms with Crippen LogP contribution in [0.15, 0.2) is 12.1 Å². The minimum atomic E-state index is -0.313. The van der Waals surface area contributed by atoms with Gasteiger partial charge in [-0.05, 0) is 31.9 Å². The van der Waals surface area contributed by atoms with E-state index in [0.29, 0.717) is 17.2 Å².